The molecule has 3 heteroatoms. The largest absolute Gasteiger partial charge is 0.266 e. The summed E-state index contributed by atoms with van der Waals surface area (Å²) in [5.74, 6) is -0.279. The van der Waals surface area contributed by atoms with Crippen molar-refractivity contribution in [3.8, 4) is 22.3 Å². The Kier molecular flexibility index (Phi) is 5.57. The van der Waals surface area contributed by atoms with Gasteiger partial charge in [0.15, 0.2) is 0 Å². The van der Waals surface area contributed by atoms with E-state index in [1.807, 2.05) is 61.5 Å². The fraction of sp³-hybridized carbons (Fsp3) is 0.130. The summed E-state index contributed by atoms with van der Waals surface area (Å²) >= 11 is 0. The van der Waals surface area contributed by atoms with Gasteiger partial charge in [-0.3, -0.25) is 0 Å². The SMILES string of the molecule is Cc1ccc(-c2ccc(-c3ccc(CCC=C(F)F)cc3)c(F)c2)cc1. The Morgan fingerprint density at radius 1 is 0.808 bits per heavy atom. The molecule has 0 spiro atoms. The first kappa shape index (κ1) is 18.0. The zero-order valence-electron chi connectivity index (χ0n) is 14.5. The minimum atomic E-state index is -1.66. The van der Waals surface area contributed by atoms with E-state index in [0.717, 1.165) is 33.9 Å². The van der Waals surface area contributed by atoms with Gasteiger partial charge in [-0.15, -0.1) is 0 Å². The molecule has 3 rings (SSSR count). The molecule has 0 saturated carbocycles. The molecule has 3 aromatic carbocycles. The lowest BCUT2D eigenvalue weighted by Crippen LogP contribution is -1.88. The first-order valence-corrected chi connectivity index (χ1v) is 8.50. The van der Waals surface area contributed by atoms with Crippen molar-refractivity contribution in [2.45, 2.75) is 19.8 Å². The molecule has 0 nitrogen and oxygen atoms in total. The van der Waals surface area contributed by atoms with E-state index in [-0.39, 0.29) is 5.82 Å². The third kappa shape index (κ3) is 4.42. The number of hydrogen-bond donors (Lipinski definition) is 0. The van der Waals surface area contributed by atoms with Crippen molar-refractivity contribution in [1.82, 2.24) is 0 Å². The standard InChI is InChI=1S/C23H19F3/c1-16-5-9-18(10-6-16)20-13-14-21(22(24)15-20)19-11-7-17(8-12-19)3-2-4-23(25)26/h4-15H,2-3H2,1H3. The van der Waals surface area contributed by atoms with E-state index in [0.29, 0.717) is 18.4 Å². The zero-order chi connectivity index (χ0) is 18.5. The molecule has 0 aliphatic rings. The van der Waals surface area contributed by atoms with Crippen molar-refractivity contribution in [3.63, 3.8) is 0 Å². The van der Waals surface area contributed by atoms with Crippen LogP contribution in [0.5, 0.6) is 0 Å². The van der Waals surface area contributed by atoms with Crippen LogP contribution < -0.4 is 0 Å². The smallest absolute Gasteiger partial charge is 0.206 e. The van der Waals surface area contributed by atoms with Gasteiger partial charge in [0.05, 0.1) is 0 Å². The molecule has 0 aliphatic heterocycles. The maximum absolute atomic E-state index is 14.6. The van der Waals surface area contributed by atoms with Crippen LogP contribution in [0, 0.1) is 12.7 Å². The predicted molar refractivity (Wildman–Crippen MR) is 101 cm³/mol. The van der Waals surface area contributed by atoms with Gasteiger partial charge in [0.25, 0.3) is 6.08 Å². The Bertz CT molecular complexity index is 903. The molecule has 0 bridgehead atoms. The Balaban J connectivity index is 1.79. The van der Waals surface area contributed by atoms with E-state index in [1.165, 1.54) is 0 Å². The molecule has 0 aromatic heterocycles. The summed E-state index contributed by atoms with van der Waals surface area (Å²) in [6, 6.07) is 20.6. The Hall–Kier alpha value is -2.81. The van der Waals surface area contributed by atoms with Gasteiger partial charge in [-0.25, -0.2) is 4.39 Å². The number of rotatable bonds is 5. The van der Waals surface area contributed by atoms with Crippen molar-refractivity contribution in [2.24, 2.45) is 0 Å². The van der Waals surface area contributed by atoms with E-state index in [1.54, 1.807) is 12.1 Å². The Morgan fingerprint density at radius 2 is 1.42 bits per heavy atom. The molecule has 0 radical (unpaired) electrons. The van der Waals surface area contributed by atoms with Gasteiger partial charge in [-0.2, -0.15) is 8.78 Å². The molecule has 0 N–H and O–H groups in total. The highest BCUT2D eigenvalue weighted by molar-refractivity contribution is 5.71. The van der Waals surface area contributed by atoms with Crippen molar-refractivity contribution in [2.75, 3.05) is 0 Å². The lowest BCUT2D eigenvalue weighted by Gasteiger charge is -2.08. The van der Waals surface area contributed by atoms with E-state index in [9.17, 15) is 13.2 Å². The van der Waals surface area contributed by atoms with Crippen LogP contribution in [-0.2, 0) is 6.42 Å². The van der Waals surface area contributed by atoms with Gasteiger partial charge in [0.1, 0.15) is 5.82 Å². The molecule has 0 heterocycles. The molecular formula is C23H19F3. The van der Waals surface area contributed by atoms with E-state index in [2.05, 4.69) is 0 Å². The monoisotopic (exact) mass is 352 g/mol. The molecule has 0 fully saturated rings. The first-order valence-electron chi connectivity index (χ1n) is 8.50. The van der Waals surface area contributed by atoms with Crippen LogP contribution in [0.15, 0.2) is 78.9 Å². The zero-order valence-corrected chi connectivity index (χ0v) is 14.5. The van der Waals surface area contributed by atoms with E-state index >= 15 is 0 Å². The molecule has 0 amide bonds. The highest BCUT2D eigenvalue weighted by Crippen LogP contribution is 2.28. The van der Waals surface area contributed by atoms with E-state index in [4.69, 9.17) is 0 Å². The lowest BCUT2D eigenvalue weighted by molar-refractivity contribution is 0.417. The minimum Gasteiger partial charge on any atom is -0.206 e. The second-order valence-electron chi connectivity index (χ2n) is 6.29. The maximum atomic E-state index is 14.6. The second-order valence-corrected chi connectivity index (χ2v) is 6.29. The van der Waals surface area contributed by atoms with Gasteiger partial charge < -0.3 is 0 Å². The summed E-state index contributed by atoms with van der Waals surface area (Å²) in [5.41, 5.74) is 5.22. The van der Waals surface area contributed by atoms with Crippen molar-refractivity contribution < 1.29 is 13.2 Å². The van der Waals surface area contributed by atoms with Crippen LogP contribution in [0.3, 0.4) is 0 Å². The third-order valence-electron chi connectivity index (χ3n) is 4.35. The molecule has 26 heavy (non-hydrogen) atoms. The topological polar surface area (TPSA) is 0 Å². The van der Waals surface area contributed by atoms with Gasteiger partial charge in [0, 0.05) is 5.56 Å². The van der Waals surface area contributed by atoms with Gasteiger partial charge in [-0.05, 0) is 54.2 Å². The summed E-state index contributed by atoms with van der Waals surface area (Å²) in [6.45, 7) is 2.02. The van der Waals surface area contributed by atoms with E-state index < -0.39 is 6.08 Å². The quantitative estimate of drug-likeness (QED) is 0.456. The summed E-state index contributed by atoms with van der Waals surface area (Å²) in [6.07, 6.45) is 0.0860. The van der Waals surface area contributed by atoms with Crippen molar-refractivity contribution in [3.05, 3.63) is 95.8 Å². The highest BCUT2D eigenvalue weighted by atomic mass is 19.3. The van der Waals surface area contributed by atoms with Gasteiger partial charge >= 0.3 is 0 Å². The summed E-state index contributed by atoms with van der Waals surface area (Å²) in [7, 11) is 0. The minimum absolute atomic E-state index is 0.279. The molecule has 0 atom stereocenters. The molecule has 3 aromatic rings. The summed E-state index contributed by atoms with van der Waals surface area (Å²) in [4.78, 5) is 0. The van der Waals surface area contributed by atoms with Crippen LogP contribution in [0.1, 0.15) is 17.5 Å². The Morgan fingerprint density at radius 3 is 2.04 bits per heavy atom. The lowest BCUT2D eigenvalue weighted by atomic mass is 9.98. The van der Waals surface area contributed by atoms with Crippen LogP contribution >= 0.6 is 0 Å². The average Bonchev–Trinajstić information content (AvgIpc) is 2.63. The molecular weight excluding hydrogens is 333 g/mol. The first-order chi connectivity index (χ1) is 12.5. The number of halogens is 3. The maximum Gasteiger partial charge on any atom is 0.266 e. The average molecular weight is 352 g/mol. The number of benzene rings is 3. The van der Waals surface area contributed by atoms with Crippen LogP contribution in [0.4, 0.5) is 13.2 Å². The second kappa shape index (κ2) is 8.05. The summed E-state index contributed by atoms with van der Waals surface area (Å²) in [5, 5.41) is 0. The Labute approximate surface area is 151 Å². The van der Waals surface area contributed by atoms with Crippen molar-refractivity contribution in [1.29, 1.82) is 0 Å². The molecule has 0 saturated heterocycles. The van der Waals surface area contributed by atoms with Crippen LogP contribution in [0.2, 0.25) is 0 Å². The van der Waals surface area contributed by atoms with Crippen molar-refractivity contribution >= 4 is 0 Å². The number of allylic oxidation sites excluding steroid dienone is 1. The fourth-order valence-corrected chi connectivity index (χ4v) is 2.87. The highest BCUT2D eigenvalue weighted by Gasteiger charge is 2.08. The molecule has 132 valence electrons. The fourth-order valence-electron chi connectivity index (χ4n) is 2.87. The van der Waals surface area contributed by atoms with Crippen LogP contribution in [-0.4, -0.2) is 0 Å². The number of aryl methyl sites for hydroxylation is 2. The molecule has 0 aliphatic carbocycles. The summed E-state index contributed by atoms with van der Waals surface area (Å²) < 4.78 is 38.7. The van der Waals surface area contributed by atoms with Crippen LogP contribution in [0.25, 0.3) is 22.3 Å². The molecule has 0 unspecified atom stereocenters. The normalized spacial score (nSPS) is 10.6. The third-order valence-corrected chi connectivity index (χ3v) is 4.35. The van der Waals surface area contributed by atoms with Gasteiger partial charge in [0.2, 0.25) is 0 Å². The van der Waals surface area contributed by atoms with Gasteiger partial charge in [-0.1, -0.05) is 66.2 Å². The number of hydrogen-bond acceptors (Lipinski definition) is 0. The predicted octanol–water partition coefficient (Wildman–Crippen LogP) is 7.18.